The molecule has 1 spiro atoms. The van der Waals surface area contributed by atoms with Crippen molar-refractivity contribution in [3.05, 3.63) is 33.9 Å². The van der Waals surface area contributed by atoms with Crippen LogP contribution in [0, 0.1) is 15.5 Å². The van der Waals surface area contributed by atoms with Gasteiger partial charge in [-0.3, -0.25) is 34.8 Å². The molecule has 1 aromatic carbocycles. The number of hydrogen-bond donors (Lipinski definition) is 1. The first-order valence-corrected chi connectivity index (χ1v) is 9.19. The highest BCUT2D eigenvalue weighted by Gasteiger charge is 2.62. The van der Waals surface area contributed by atoms with Gasteiger partial charge in [-0.1, -0.05) is 6.92 Å². The number of benzene rings is 1. The fraction of sp³-hybridized carbons (Fsp3) is 0.500. The van der Waals surface area contributed by atoms with Crippen molar-refractivity contribution >= 4 is 29.2 Å². The molecule has 0 radical (unpaired) electrons. The van der Waals surface area contributed by atoms with Gasteiger partial charge in [0.2, 0.25) is 11.8 Å². The highest BCUT2D eigenvalue weighted by molar-refractivity contribution is 6.20. The van der Waals surface area contributed by atoms with Crippen molar-refractivity contribution in [2.75, 3.05) is 38.1 Å². The third kappa shape index (κ3) is 2.40. The van der Waals surface area contributed by atoms with E-state index in [0.29, 0.717) is 18.7 Å². The number of nitrogens with zero attached hydrogens (tertiary/aromatic N) is 4. The number of barbiturate groups is 1. The number of anilines is 1. The van der Waals surface area contributed by atoms with Crippen LogP contribution in [0.15, 0.2) is 18.2 Å². The Morgan fingerprint density at radius 3 is 2.71 bits per heavy atom. The molecule has 10 nitrogen and oxygen atoms in total. The minimum atomic E-state index is -1.50. The molecule has 2 atom stereocenters. The second-order valence-corrected chi connectivity index (χ2v) is 7.44. The van der Waals surface area contributed by atoms with Gasteiger partial charge in [-0.05, 0) is 18.2 Å². The molecular weight excluding hydrogens is 366 g/mol. The van der Waals surface area contributed by atoms with Gasteiger partial charge in [0.25, 0.3) is 5.69 Å². The quantitative estimate of drug-likeness (QED) is 0.442. The number of rotatable bonds is 2. The third-order valence-corrected chi connectivity index (χ3v) is 6.15. The predicted octanol–water partition coefficient (Wildman–Crippen LogP) is 0.356. The molecule has 4 rings (SSSR count). The summed E-state index contributed by atoms with van der Waals surface area (Å²) >= 11 is 0. The lowest BCUT2D eigenvalue weighted by Crippen LogP contribution is -2.74. The van der Waals surface area contributed by atoms with Gasteiger partial charge in [-0.15, -0.1) is 0 Å². The number of amides is 4. The lowest BCUT2D eigenvalue weighted by Gasteiger charge is -2.55. The van der Waals surface area contributed by atoms with Gasteiger partial charge < -0.3 is 4.90 Å². The summed E-state index contributed by atoms with van der Waals surface area (Å²) in [4.78, 5) is 54.1. The molecular formula is C18H21N5O5. The lowest BCUT2D eigenvalue weighted by molar-refractivity contribution is -0.384. The van der Waals surface area contributed by atoms with Gasteiger partial charge in [0.05, 0.1) is 11.0 Å². The summed E-state index contributed by atoms with van der Waals surface area (Å²) in [5, 5.41) is 13.5. The molecule has 28 heavy (non-hydrogen) atoms. The van der Waals surface area contributed by atoms with Crippen LogP contribution < -0.4 is 10.2 Å². The normalized spacial score (nSPS) is 27.5. The summed E-state index contributed by atoms with van der Waals surface area (Å²) < 4.78 is 0. The average Bonchev–Trinajstić information content (AvgIpc) is 2.69. The molecule has 10 heteroatoms. The average molecular weight is 387 g/mol. The van der Waals surface area contributed by atoms with E-state index in [9.17, 15) is 24.5 Å². The van der Waals surface area contributed by atoms with Gasteiger partial charge in [0.15, 0.2) is 5.41 Å². The number of urea groups is 1. The predicted molar refractivity (Wildman–Crippen MR) is 98.8 cm³/mol. The van der Waals surface area contributed by atoms with Crippen LogP contribution in [0.4, 0.5) is 16.2 Å². The molecule has 3 aliphatic rings. The van der Waals surface area contributed by atoms with E-state index in [-0.39, 0.29) is 12.1 Å². The van der Waals surface area contributed by atoms with Gasteiger partial charge >= 0.3 is 6.03 Å². The maximum atomic E-state index is 13.3. The van der Waals surface area contributed by atoms with E-state index in [1.54, 1.807) is 6.07 Å². The molecule has 148 valence electrons. The van der Waals surface area contributed by atoms with Crippen LogP contribution in [0.25, 0.3) is 0 Å². The van der Waals surface area contributed by atoms with Crippen LogP contribution in [-0.2, 0) is 16.0 Å². The van der Waals surface area contributed by atoms with Crippen molar-refractivity contribution in [3.8, 4) is 0 Å². The van der Waals surface area contributed by atoms with Crippen molar-refractivity contribution in [1.82, 2.24) is 15.1 Å². The summed E-state index contributed by atoms with van der Waals surface area (Å²) in [5.41, 5.74) is -0.218. The van der Waals surface area contributed by atoms with Crippen LogP contribution in [0.1, 0.15) is 12.5 Å². The van der Waals surface area contributed by atoms with E-state index >= 15 is 0 Å². The second kappa shape index (κ2) is 6.26. The summed E-state index contributed by atoms with van der Waals surface area (Å²) in [7, 11) is 1.35. The van der Waals surface area contributed by atoms with Crippen molar-refractivity contribution in [2.24, 2.45) is 5.41 Å². The molecule has 3 heterocycles. The molecule has 0 aromatic heterocycles. The highest BCUT2D eigenvalue weighted by Crippen LogP contribution is 2.46. The van der Waals surface area contributed by atoms with Crippen LogP contribution in [0.5, 0.6) is 0 Å². The van der Waals surface area contributed by atoms with E-state index in [1.165, 1.54) is 19.2 Å². The largest absolute Gasteiger partial charge is 0.364 e. The second-order valence-electron chi connectivity index (χ2n) is 7.44. The fourth-order valence-electron chi connectivity index (χ4n) is 4.59. The first-order valence-electron chi connectivity index (χ1n) is 9.19. The smallest absolute Gasteiger partial charge is 0.330 e. The highest BCUT2D eigenvalue weighted by atomic mass is 16.6. The Bertz CT molecular complexity index is 902. The molecule has 3 aliphatic heterocycles. The first-order chi connectivity index (χ1) is 13.3. The van der Waals surface area contributed by atoms with Crippen molar-refractivity contribution < 1.29 is 19.3 Å². The number of likely N-dealkylation sites (N-methyl/N-ethyl adjacent to an activating group) is 1. The molecule has 0 aliphatic carbocycles. The first kappa shape index (κ1) is 18.4. The lowest BCUT2D eigenvalue weighted by atomic mass is 9.67. The fourth-order valence-corrected chi connectivity index (χ4v) is 4.59. The van der Waals surface area contributed by atoms with Crippen molar-refractivity contribution in [1.29, 1.82) is 0 Å². The molecule has 0 unspecified atom stereocenters. The van der Waals surface area contributed by atoms with Gasteiger partial charge in [-0.25, -0.2) is 4.79 Å². The third-order valence-electron chi connectivity index (χ3n) is 6.15. The van der Waals surface area contributed by atoms with Gasteiger partial charge in [-0.2, -0.15) is 0 Å². The Balaban J connectivity index is 1.89. The number of nitro groups is 1. The van der Waals surface area contributed by atoms with E-state index < -0.39 is 34.2 Å². The number of imide groups is 2. The zero-order valence-electron chi connectivity index (χ0n) is 15.7. The van der Waals surface area contributed by atoms with Gasteiger partial charge in [0, 0.05) is 50.9 Å². The topological polar surface area (TPSA) is 116 Å². The molecule has 4 amide bonds. The summed E-state index contributed by atoms with van der Waals surface area (Å²) in [6.45, 7) is 4.63. The summed E-state index contributed by atoms with van der Waals surface area (Å²) in [6, 6.07) is 3.35. The van der Waals surface area contributed by atoms with Crippen LogP contribution in [-0.4, -0.2) is 71.8 Å². The Hall–Kier alpha value is -3.01. The molecule has 2 saturated heterocycles. The zero-order chi connectivity index (χ0) is 20.2. The Morgan fingerprint density at radius 1 is 1.29 bits per heavy atom. The monoisotopic (exact) mass is 387 g/mol. The van der Waals surface area contributed by atoms with E-state index in [0.717, 1.165) is 23.7 Å². The minimum absolute atomic E-state index is 0.0189. The van der Waals surface area contributed by atoms with E-state index in [2.05, 4.69) is 10.2 Å². The number of piperazine rings is 1. The molecule has 1 aromatic rings. The van der Waals surface area contributed by atoms with Gasteiger partial charge in [0.1, 0.15) is 0 Å². The molecule has 0 saturated carbocycles. The maximum Gasteiger partial charge on any atom is 0.330 e. The number of hydrogen-bond acceptors (Lipinski definition) is 7. The maximum absolute atomic E-state index is 13.3. The Labute approximate surface area is 161 Å². The Kier molecular flexibility index (Phi) is 4.11. The number of fused-ring (bicyclic) bond motifs is 4. The van der Waals surface area contributed by atoms with Crippen molar-refractivity contribution in [2.45, 2.75) is 19.4 Å². The Morgan fingerprint density at radius 2 is 2.04 bits per heavy atom. The number of nitrogens with one attached hydrogen (secondary N) is 1. The van der Waals surface area contributed by atoms with E-state index in [1.807, 2.05) is 11.8 Å². The zero-order valence-corrected chi connectivity index (χ0v) is 15.7. The van der Waals surface area contributed by atoms with Crippen LogP contribution in [0.3, 0.4) is 0 Å². The number of nitro benzene ring substituents is 1. The van der Waals surface area contributed by atoms with Crippen molar-refractivity contribution in [3.63, 3.8) is 0 Å². The van der Waals surface area contributed by atoms with Crippen LogP contribution in [0.2, 0.25) is 0 Å². The minimum Gasteiger partial charge on any atom is -0.364 e. The van der Waals surface area contributed by atoms with Crippen LogP contribution >= 0.6 is 0 Å². The molecule has 0 bridgehead atoms. The SMILES string of the molecule is CCN1CCN2c3ccc([N+](=O)[O-])cc3C[C@]3(C(=O)NC(=O)N(C)C3=O)[C@H]2C1. The molecule has 2 fully saturated rings. The number of carbonyl (C=O) groups is 3. The molecule has 1 N–H and O–H groups in total. The van der Waals surface area contributed by atoms with E-state index in [4.69, 9.17) is 0 Å². The summed E-state index contributed by atoms with van der Waals surface area (Å²) in [6.07, 6.45) is 0.0189. The number of carbonyl (C=O) groups excluding carboxylic acids is 3. The number of non-ortho nitro benzene ring substituents is 1. The standard InChI is InChI=1S/C18H21N5O5/c1-3-21-6-7-22-13-5-4-12(23(27)28)8-11(13)9-18(14(22)10-21)15(24)19-17(26)20(2)16(18)25/h4-5,8,14H,3,6-7,9-10H2,1-2H3,(H,19,24,26)/t14-,18-/m1/s1. The summed E-state index contributed by atoms with van der Waals surface area (Å²) in [5.74, 6) is -1.20.